The molecule has 0 saturated carbocycles. The molecule has 4 nitrogen and oxygen atoms in total. The van der Waals surface area contributed by atoms with Crippen molar-refractivity contribution in [2.75, 3.05) is 26.4 Å². The molecule has 0 spiro atoms. The SMILES string of the molecule is CC.CC(=O)NCCOCC(C)(C)OCCC(C)C. The van der Waals surface area contributed by atoms with E-state index in [0.29, 0.717) is 25.7 Å². The van der Waals surface area contributed by atoms with E-state index in [1.54, 1.807) is 0 Å². The zero-order chi connectivity index (χ0) is 15.3. The van der Waals surface area contributed by atoms with E-state index in [9.17, 15) is 4.79 Å². The topological polar surface area (TPSA) is 47.6 Å². The third kappa shape index (κ3) is 17.4. The van der Waals surface area contributed by atoms with Gasteiger partial charge in [0.05, 0.1) is 18.8 Å². The molecule has 0 heterocycles. The molecule has 0 atom stereocenters. The van der Waals surface area contributed by atoms with E-state index < -0.39 is 0 Å². The molecule has 0 aliphatic rings. The molecule has 0 aromatic heterocycles. The van der Waals surface area contributed by atoms with Crippen LogP contribution < -0.4 is 5.32 Å². The molecule has 1 amide bonds. The summed E-state index contributed by atoms with van der Waals surface area (Å²) in [4.78, 5) is 10.6. The van der Waals surface area contributed by atoms with E-state index in [1.807, 2.05) is 27.7 Å². The minimum atomic E-state index is -0.259. The summed E-state index contributed by atoms with van der Waals surface area (Å²) >= 11 is 0. The Bertz CT molecular complexity index is 215. The summed E-state index contributed by atoms with van der Waals surface area (Å²) in [6.07, 6.45) is 1.06. The average molecular weight is 275 g/mol. The summed E-state index contributed by atoms with van der Waals surface area (Å²) in [6.45, 7) is 16.3. The monoisotopic (exact) mass is 275 g/mol. The van der Waals surface area contributed by atoms with Gasteiger partial charge in [-0.05, 0) is 26.2 Å². The van der Waals surface area contributed by atoms with Crippen molar-refractivity contribution in [1.29, 1.82) is 0 Å². The van der Waals surface area contributed by atoms with Crippen LogP contribution in [-0.2, 0) is 14.3 Å². The van der Waals surface area contributed by atoms with Gasteiger partial charge in [0.2, 0.25) is 5.91 Å². The molecule has 0 aromatic rings. The highest BCUT2D eigenvalue weighted by molar-refractivity contribution is 5.72. The van der Waals surface area contributed by atoms with Crippen molar-refractivity contribution in [2.45, 2.75) is 60.5 Å². The van der Waals surface area contributed by atoms with E-state index in [0.717, 1.165) is 13.0 Å². The minimum Gasteiger partial charge on any atom is -0.377 e. The fourth-order valence-electron chi connectivity index (χ4n) is 1.23. The first kappa shape index (κ1) is 20.7. The van der Waals surface area contributed by atoms with Gasteiger partial charge in [0, 0.05) is 20.1 Å². The van der Waals surface area contributed by atoms with E-state index >= 15 is 0 Å². The Morgan fingerprint density at radius 1 is 1.21 bits per heavy atom. The highest BCUT2D eigenvalue weighted by Crippen LogP contribution is 2.11. The quantitative estimate of drug-likeness (QED) is 0.658. The number of carbonyl (C=O) groups excluding carboxylic acids is 1. The lowest BCUT2D eigenvalue weighted by molar-refractivity contribution is -0.119. The van der Waals surface area contributed by atoms with E-state index in [4.69, 9.17) is 9.47 Å². The predicted octanol–water partition coefficient (Wildman–Crippen LogP) is 3.01. The highest BCUT2D eigenvalue weighted by Gasteiger charge is 2.18. The minimum absolute atomic E-state index is 0.0268. The fourth-order valence-corrected chi connectivity index (χ4v) is 1.23. The van der Waals surface area contributed by atoms with E-state index in [1.165, 1.54) is 6.92 Å². The predicted molar refractivity (Wildman–Crippen MR) is 80.3 cm³/mol. The first-order valence-electron chi connectivity index (χ1n) is 7.29. The van der Waals surface area contributed by atoms with Crippen LogP contribution in [0, 0.1) is 5.92 Å². The smallest absolute Gasteiger partial charge is 0.216 e. The molecule has 0 aliphatic heterocycles. The zero-order valence-electron chi connectivity index (χ0n) is 13.8. The molecule has 19 heavy (non-hydrogen) atoms. The van der Waals surface area contributed by atoms with Crippen LogP contribution in [0.5, 0.6) is 0 Å². The molecule has 0 fully saturated rings. The Morgan fingerprint density at radius 2 is 1.79 bits per heavy atom. The maximum Gasteiger partial charge on any atom is 0.216 e. The highest BCUT2D eigenvalue weighted by atomic mass is 16.5. The molecular weight excluding hydrogens is 242 g/mol. The second-order valence-corrected chi connectivity index (χ2v) is 5.33. The summed E-state index contributed by atoms with van der Waals surface area (Å²) in [5.41, 5.74) is -0.259. The van der Waals surface area contributed by atoms with E-state index in [2.05, 4.69) is 19.2 Å². The first-order valence-corrected chi connectivity index (χ1v) is 7.29. The third-order valence-electron chi connectivity index (χ3n) is 2.26. The lowest BCUT2D eigenvalue weighted by atomic mass is 10.1. The molecule has 4 heteroatoms. The number of rotatable bonds is 9. The Morgan fingerprint density at radius 3 is 2.26 bits per heavy atom. The fraction of sp³-hybridized carbons (Fsp3) is 0.933. The zero-order valence-corrected chi connectivity index (χ0v) is 13.8. The number of amides is 1. The Kier molecular flexibility index (Phi) is 13.5. The van der Waals surface area contributed by atoms with Crippen molar-refractivity contribution in [2.24, 2.45) is 5.92 Å². The van der Waals surface area contributed by atoms with Gasteiger partial charge in [-0.1, -0.05) is 27.7 Å². The van der Waals surface area contributed by atoms with Crippen LogP contribution in [0.25, 0.3) is 0 Å². The maximum absolute atomic E-state index is 10.6. The molecule has 0 unspecified atom stereocenters. The number of hydrogen-bond donors (Lipinski definition) is 1. The van der Waals surface area contributed by atoms with E-state index in [-0.39, 0.29) is 11.5 Å². The molecule has 0 aliphatic carbocycles. The second-order valence-electron chi connectivity index (χ2n) is 5.33. The van der Waals surface area contributed by atoms with Crippen LogP contribution >= 0.6 is 0 Å². The molecule has 0 aromatic carbocycles. The van der Waals surface area contributed by atoms with Gasteiger partial charge in [-0.2, -0.15) is 0 Å². The van der Waals surface area contributed by atoms with Crippen LogP contribution in [0.3, 0.4) is 0 Å². The van der Waals surface area contributed by atoms with Crippen molar-refractivity contribution in [3.63, 3.8) is 0 Å². The molecule has 0 bridgehead atoms. The van der Waals surface area contributed by atoms with Crippen LogP contribution in [-0.4, -0.2) is 37.9 Å². The van der Waals surface area contributed by atoms with Gasteiger partial charge in [-0.25, -0.2) is 0 Å². The van der Waals surface area contributed by atoms with Crippen LogP contribution in [0.15, 0.2) is 0 Å². The Balaban J connectivity index is 0. The second kappa shape index (κ2) is 12.4. The third-order valence-corrected chi connectivity index (χ3v) is 2.26. The molecular formula is C15H33NO3. The summed E-state index contributed by atoms with van der Waals surface area (Å²) in [7, 11) is 0. The number of hydrogen-bond acceptors (Lipinski definition) is 3. The lowest BCUT2D eigenvalue weighted by Crippen LogP contribution is -2.33. The molecule has 0 saturated heterocycles. The van der Waals surface area contributed by atoms with Crippen molar-refractivity contribution < 1.29 is 14.3 Å². The van der Waals surface area contributed by atoms with Crippen LogP contribution in [0.1, 0.15) is 54.9 Å². The van der Waals surface area contributed by atoms with Crippen molar-refractivity contribution in [3.8, 4) is 0 Å². The normalized spacial score (nSPS) is 10.9. The van der Waals surface area contributed by atoms with Gasteiger partial charge in [0.25, 0.3) is 0 Å². The summed E-state index contributed by atoms with van der Waals surface area (Å²) in [6, 6.07) is 0. The maximum atomic E-state index is 10.6. The van der Waals surface area contributed by atoms with Crippen molar-refractivity contribution >= 4 is 5.91 Å². The Labute approximate surface area is 119 Å². The van der Waals surface area contributed by atoms with Gasteiger partial charge in [0.15, 0.2) is 0 Å². The molecule has 116 valence electrons. The van der Waals surface area contributed by atoms with Crippen LogP contribution in [0.2, 0.25) is 0 Å². The number of nitrogens with one attached hydrogen (secondary N) is 1. The van der Waals surface area contributed by atoms with Crippen molar-refractivity contribution in [3.05, 3.63) is 0 Å². The average Bonchev–Trinajstić information content (AvgIpc) is 2.29. The molecule has 0 rings (SSSR count). The molecule has 1 N–H and O–H groups in total. The summed E-state index contributed by atoms with van der Waals surface area (Å²) < 4.78 is 11.2. The largest absolute Gasteiger partial charge is 0.377 e. The van der Waals surface area contributed by atoms with Crippen LogP contribution in [0.4, 0.5) is 0 Å². The van der Waals surface area contributed by atoms with Gasteiger partial charge < -0.3 is 14.8 Å². The van der Waals surface area contributed by atoms with Gasteiger partial charge >= 0.3 is 0 Å². The summed E-state index contributed by atoms with van der Waals surface area (Å²) in [5, 5.41) is 2.69. The Hall–Kier alpha value is -0.610. The number of carbonyl (C=O) groups is 1. The molecule has 0 radical (unpaired) electrons. The first-order chi connectivity index (χ1) is 8.83. The van der Waals surface area contributed by atoms with Gasteiger partial charge in [-0.15, -0.1) is 0 Å². The van der Waals surface area contributed by atoms with Crippen molar-refractivity contribution in [1.82, 2.24) is 5.32 Å². The summed E-state index contributed by atoms with van der Waals surface area (Å²) in [5.74, 6) is 0.632. The number of ether oxygens (including phenoxy) is 2. The lowest BCUT2D eigenvalue weighted by Gasteiger charge is -2.25. The standard InChI is InChI=1S/C13H27NO3.C2H6/c1-11(2)6-8-17-13(4,5)10-16-9-7-14-12(3)15;1-2/h11H,6-10H2,1-5H3,(H,14,15);1-2H3. The van der Waals surface area contributed by atoms with Gasteiger partial charge in [0.1, 0.15) is 0 Å². The van der Waals surface area contributed by atoms with Gasteiger partial charge in [-0.3, -0.25) is 4.79 Å².